The van der Waals surface area contributed by atoms with Crippen molar-refractivity contribution in [3.05, 3.63) is 11.1 Å². The fourth-order valence-electron chi connectivity index (χ4n) is 1.66. The first kappa shape index (κ1) is 18.6. The normalized spacial score (nSPS) is 13.2. The van der Waals surface area contributed by atoms with Crippen molar-refractivity contribution < 1.29 is 29.0 Å². The van der Waals surface area contributed by atoms with Crippen molar-refractivity contribution in [3.63, 3.8) is 0 Å². The quantitative estimate of drug-likeness (QED) is 0.311. The lowest BCUT2D eigenvalue weighted by Gasteiger charge is -2.15. The van der Waals surface area contributed by atoms with E-state index in [1.54, 1.807) is 0 Å². The van der Waals surface area contributed by atoms with Gasteiger partial charge >= 0.3 is 17.9 Å². The summed E-state index contributed by atoms with van der Waals surface area (Å²) < 4.78 is 9.23. The van der Waals surface area contributed by atoms with Gasteiger partial charge in [0.15, 0.2) is 0 Å². The number of alkyl halides is 1. The van der Waals surface area contributed by atoms with Crippen LogP contribution < -0.4 is 0 Å². The van der Waals surface area contributed by atoms with Crippen LogP contribution in [0.3, 0.4) is 0 Å². The summed E-state index contributed by atoms with van der Waals surface area (Å²) in [5, 5.41) is 9.82. The zero-order chi connectivity index (χ0) is 15.7. The number of aliphatic carboxylic acids is 1. The number of methoxy groups -OCH3 is 2. The summed E-state index contributed by atoms with van der Waals surface area (Å²) in [5.41, 5.74) is -0.0865. The maximum atomic E-state index is 11.8. The molecule has 0 heterocycles. The van der Waals surface area contributed by atoms with Crippen LogP contribution in [0.4, 0.5) is 0 Å². The van der Waals surface area contributed by atoms with Gasteiger partial charge in [0, 0.05) is 10.9 Å². The van der Waals surface area contributed by atoms with Gasteiger partial charge in [-0.25, -0.2) is 9.59 Å². The van der Waals surface area contributed by atoms with Gasteiger partial charge in [0.2, 0.25) is 0 Å². The van der Waals surface area contributed by atoms with E-state index in [1.165, 1.54) is 14.0 Å². The van der Waals surface area contributed by atoms with Crippen molar-refractivity contribution in [1.29, 1.82) is 0 Å². The first-order valence-electron chi connectivity index (χ1n) is 6.09. The topological polar surface area (TPSA) is 89.9 Å². The summed E-state index contributed by atoms with van der Waals surface area (Å²) in [6.07, 6.45) is 1.68. The molecule has 0 fully saturated rings. The molecule has 0 radical (unpaired) electrons. The average molecular weight is 351 g/mol. The fourth-order valence-corrected chi connectivity index (χ4v) is 2.06. The van der Waals surface area contributed by atoms with Gasteiger partial charge in [-0.15, -0.1) is 0 Å². The second-order valence-corrected chi connectivity index (χ2v) is 4.87. The molecule has 0 saturated heterocycles. The van der Waals surface area contributed by atoms with E-state index in [1.807, 2.05) is 0 Å². The fraction of sp³-hybridized carbons (Fsp3) is 0.615. The molecule has 114 valence electrons. The molecule has 0 amide bonds. The van der Waals surface area contributed by atoms with E-state index in [9.17, 15) is 14.4 Å². The first-order chi connectivity index (χ1) is 9.40. The maximum Gasteiger partial charge on any atom is 0.335 e. The van der Waals surface area contributed by atoms with Crippen molar-refractivity contribution in [3.8, 4) is 0 Å². The third-order valence-electron chi connectivity index (χ3n) is 2.78. The van der Waals surface area contributed by atoms with Crippen LogP contribution >= 0.6 is 15.9 Å². The molecule has 1 atom stereocenters. The number of unbranched alkanes of at least 4 members (excludes halogenated alkanes) is 1. The average Bonchev–Trinajstić information content (AvgIpc) is 2.44. The lowest BCUT2D eigenvalue weighted by Crippen LogP contribution is -2.24. The molecule has 0 aliphatic rings. The van der Waals surface area contributed by atoms with Gasteiger partial charge in [-0.3, -0.25) is 4.79 Å². The number of halogens is 1. The van der Waals surface area contributed by atoms with Gasteiger partial charge in [0.1, 0.15) is 0 Å². The van der Waals surface area contributed by atoms with Crippen LogP contribution in [0.1, 0.15) is 26.2 Å². The largest absolute Gasteiger partial charge is 0.481 e. The number of carbonyl (C=O) groups excluding carboxylic acids is 2. The Bertz CT molecular complexity index is 402. The molecular weight excluding hydrogens is 332 g/mol. The van der Waals surface area contributed by atoms with Crippen molar-refractivity contribution in [2.45, 2.75) is 26.2 Å². The minimum absolute atomic E-state index is 0.0650. The molecule has 20 heavy (non-hydrogen) atoms. The Morgan fingerprint density at radius 1 is 1.10 bits per heavy atom. The van der Waals surface area contributed by atoms with E-state index in [2.05, 4.69) is 25.4 Å². The smallest absolute Gasteiger partial charge is 0.335 e. The zero-order valence-corrected chi connectivity index (χ0v) is 13.4. The molecule has 0 aromatic rings. The Labute approximate surface area is 126 Å². The van der Waals surface area contributed by atoms with Crippen molar-refractivity contribution in [1.82, 2.24) is 0 Å². The van der Waals surface area contributed by atoms with Crippen LogP contribution in [0.2, 0.25) is 0 Å². The Balaban J connectivity index is 5.64. The second-order valence-electron chi connectivity index (χ2n) is 4.08. The Kier molecular flexibility index (Phi) is 8.87. The molecule has 0 bridgehead atoms. The Morgan fingerprint density at radius 2 is 1.65 bits per heavy atom. The van der Waals surface area contributed by atoms with E-state index >= 15 is 0 Å². The van der Waals surface area contributed by atoms with Crippen molar-refractivity contribution in [2.24, 2.45) is 5.92 Å². The van der Waals surface area contributed by atoms with Crippen LogP contribution in [0.5, 0.6) is 0 Å². The van der Waals surface area contributed by atoms with E-state index in [0.717, 1.165) is 18.9 Å². The number of carboxylic acids is 1. The molecule has 7 heteroatoms. The van der Waals surface area contributed by atoms with E-state index in [4.69, 9.17) is 5.11 Å². The predicted octanol–water partition coefficient (Wildman–Crippen LogP) is 1.91. The van der Waals surface area contributed by atoms with Gasteiger partial charge < -0.3 is 14.6 Å². The highest BCUT2D eigenvalue weighted by Gasteiger charge is 2.30. The highest BCUT2D eigenvalue weighted by molar-refractivity contribution is 9.09. The summed E-state index contributed by atoms with van der Waals surface area (Å²) in [6, 6.07) is 0. The molecule has 0 aliphatic carbocycles. The Morgan fingerprint density at radius 3 is 2.05 bits per heavy atom. The van der Waals surface area contributed by atoms with Crippen molar-refractivity contribution >= 4 is 33.8 Å². The SMILES string of the molecule is COC(=O)C(CCCCBr)=C(C(=O)OC)C(C)C(=O)O. The lowest BCUT2D eigenvalue weighted by atomic mass is 9.92. The van der Waals surface area contributed by atoms with Gasteiger partial charge in [-0.05, 0) is 26.2 Å². The molecule has 1 unspecified atom stereocenters. The first-order valence-corrected chi connectivity index (χ1v) is 7.21. The molecule has 0 aliphatic heterocycles. The van der Waals surface area contributed by atoms with Gasteiger partial charge in [-0.2, -0.15) is 0 Å². The predicted molar refractivity (Wildman–Crippen MR) is 75.5 cm³/mol. The van der Waals surface area contributed by atoms with E-state index in [0.29, 0.717) is 6.42 Å². The Hall–Kier alpha value is -1.37. The highest BCUT2D eigenvalue weighted by Crippen LogP contribution is 2.23. The summed E-state index contributed by atoms with van der Waals surface area (Å²) in [5.74, 6) is -3.86. The zero-order valence-electron chi connectivity index (χ0n) is 11.8. The minimum atomic E-state index is -1.20. The monoisotopic (exact) mass is 350 g/mol. The summed E-state index contributed by atoms with van der Waals surface area (Å²) in [6.45, 7) is 1.34. The minimum Gasteiger partial charge on any atom is -0.481 e. The van der Waals surface area contributed by atoms with Crippen LogP contribution in [0, 0.1) is 5.92 Å². The number of ether oxygens (including phenoxy) is 2. The lowest BCUT2D eigenvalue weighted by molar-refractivity contribution is -0.145. The summed E-state index contributed by atoms with van der Waals surface area (Å²) in [7, 11) is 2.33. The van der Waals surface area contributed by atoms with Crippen LogP contribution in [0.15, 0.2) is 11.1 Å². The second kappa shape index (κ2) is 9.52. The third kappa shape index (κ3) is 5.32. The summed E-state index contributed by atoms with van der Waals surface area (Å²) in [4.78, 5) is 34.7. The number of carbonyl (C=O) groups is 3. The molecule has 1 N–H and O–H groups in total. The molecule has 0 aromatic carbocycles. The van der Waals surface area contributed by atoms with Crippen LogP contribution in [0.25, 0.3) is 0 Å². The highest BCUT2D eigenvalue weighted by atomic mass is 79.9. The van der Waals surface area contributed by atoms with E-state index in [-0.39, 0.29) is 17.6 Å². The number of esters is 2. The third-order valence-corrected chi connectivity index (χ3v) is 3.34. The van der Waals surface area contributed by atoms with Gasteiger partial charge in [0.05, 0.1) is 25.7 Å². The molecule has 6 nitrogen and oxygen atoms in total. The standard InChI is InChI=1S/C13H19BrO6/c1-8(11(15)16)10(13(18)20-3)9(12(17)19-2)6-4-5-7-14/h8H,4-7H2,1-3H3,(H,15,16). The van der Waals surface area contributed by atoms with Crippen LogP contribution in [-0.4, -0.2) is 42.6 Å². The van der Waals surface area contributed by atoms with Gasteiger partial charge in [-0.1, -0.05) is 15.9 Å². The number of rotatable bonds is 8. The summed E-state index contributed by atoms with van der Waals surface area (Å²) >= 11 is 3.27. The molecule has 0 aromatic heterocycles. The number of hydrogen-bond acceptors (Lipinski definition) is 5. The molecule has 0 rings (SSSR count). The number of carboxylic acid groups (broad SMARTS) is 1. The molecule has 0 spiro atoms. The van der Waals surface area contributed by atoms with E-state index < -0.39 is 23.8 Å². The van der Waals surface area contributed by atoms with Gasteiger partial charge in [0.25, 0.3) is 0 Å². The van der Waals surface area contributed by atoms with Crippen molar-refractivity contribution in [2.75, 3.05) is 19.5 Å². The van der Waals surface area contributed by atoms with Crippen LogP contribution in [-0.2, 0) is 23.9 Å². The number of hydrogen-bond donors (Lipinski definition) is 1. The molecular formula is C13H19BrO6. The maximum absolute atomic E-state index is 11.8. The molecule has 0 saturated carbocycles.